The third kappa shape index (κ3) is 5.66. The van der Waals surface area contributed by atoms with Crippen LogP contribution in [0.15, 0.2) is 69.7 Å². The molecule has 0 spiro atoms. The van der Waals surface area contributed by atoms with Crippen molar-refractivity contribution in [1.82, 2.24) is 0 Å². The Balaban J connectivity index is 1.81. The average molecular weight is 428 g/mol. The topological polar surface area (TPSA) is 116 Å². The van der Waals surface area contributed by atoms with Crippen LogP contribution in [0.5, 0.6) is 0 Å². The molecule has 1 saturated heterocycles. The minimum atomic E-state index is -1.62. The average Bonchev–Trinajstić information content (AvgIpc) is 2.76. The van der Waals surface area contributed by atoms with Crippen molar-refractivity contribution >= 4 is 11.8 Å². The molecule has 156 valence electrons. The number of rotatable bonds is 8. The van der Waals surface area contributed by atoms with E-state index in [4.69, 9.17) is 20.5 Å². The molecule has 0 aliphatic carbocycles. The molecule has 1 aliphatic heterocycles. The Morgan fingerprint density at radius 3 is 2.50 bits per heavy atom. The van der Waals surface area contributed by atoms with Crippen LogP contribution in [0.4, 0.5) is 4.39 Å². The SMILES string of the molecule is Cc1ccc(S[C@@H]2O[C@H](CN=[N+]=[N-])[C@@H](OCc3ccccc3)[C@H](F)C2N=[N+]=[N-])cc1. The van der Waals surface area contributed by atoms with Crippen molar-refractivity contribution in [2.75, 3.05) is 6.54 Å². The molecule has 0 bridgehead atoms. The lowest BCUT2D eigenvalue weighted by Gasteiger charge is -2.41. The van der Waals surface area contributed by atoms with Crippen molar-refractivity contribution in [3.8, 4) is 0 Å². The van der Waals surface area contributed by atoms with E-state index in [1.807, 2.05) is 61.5 Å². The fraction of sp³-hybridized carbons (Fsp3) is 0.400. The van der Waals surface area contributed by atoms with E-state index in [2.05, 4.69) is 20.1 Å². The Labute approximate surface area is 177 Å². The van der Waals surface area contributed by atoms with E-state index in [0.717, 1.165) is 16.0 Å². The summed E-state index contributed by atoms with van der Waals surface area (Å²) in [5.74, 6) is 0. The van der Waals surface area contributed by atoms with Crippen LogP contribution < -0.4 is 0 Å². The van der Waals surface area contributed by atoms with E-state index >= 15 is 4.39 Å². The van der Waals surface area contributed by atoms with Gasteiger partial charge in [-0.2, -0.15) is 0 Å². The lowest BCUT2D eigenvalue weighted by atomic mass is 9.99. The van der Waals surface area contributed by atoms with Gasteiger partial charge in [0.05, 0.1) is 19.3 Å². The molecular formula is C20H21FN6O2S. The zero-order chi connectivity index (χ0) is 21.3. The van der Waals surface area contributed by atoms with Crippen molar-refractivity contribution in [3.05, 3.63) is 86.6 Å². The van der Waals surface area contributed by atoms with Gasteiger partial charge in [-0.05, 0) is 35.7 Å². The highest BCUT2D eigenvalue weighted by molar-refractivity contribution is 7.99. The van der Waals surface area contributed by atoms with E-state index in [-0.39, 0.29) is 13.2 Å². The first-order valence-corrected chi connectivity index (χ1v) is 10.2. The largest absolute Gasteiger partial charge is 0.368 e. The fourth-order valence-electron chi connectivity index (χ4n) is 3.14. The second-order valence-electron chi connectivity index (χ2n) is 6.79. The monoisotopic (exact) mass is 428 g/mol. The van der Waals surface area contributed by atoms with Crippen LogP contribution in [0, 0.1) is 6.92 Å². The van der Waals surface area contributed by atoms with Gasteiger partial charge in [0.15, 0.2) is 0 Å². The summed E-state index contributed by atoms with van der Waals surface area (Å²) in [7, 11) is 0. The van der Waals surface area contributed by atoms with Crippen molar-refractivity contribution < 1.29 is 13.9 Å². The number of ether oxygens (including phenoxy) is 2. The zero-order valence-electron chi connectivity index (χ0n) is 16.3. The molecule has 0 radical (unpaired) electrons. The Morgan fingerprint density at radius 2 is 1.83 bits per heavy atom. The van der Waals surface area contributed by atoms with E-state index in [1.54, 1.807) is 0 Å². The third-order valence-corrected chi connectivity index (χ3v) is 5.83. The number of thioether (sulfide) groups is 1. The van der Waals surface area contributed by atoms with Crippen LogP contribution >= 0.6 is 11.8 Å². The molecule has 0 aromatic heterocycles. The lowest BCUT2D eigenvalue weighted by Crippen LogP contribution is -2.55. The summed E-state index contributed by atoms with van der Waals surface area (Å²) in [6.07, 6.45) is -3.48. The number of azide groups is 2. The van der Waals surface area contributed by atoms with Crippen LogP contribution in [-0.4, -0.2) is 36.4 Å². The van der Waals surface area contributed by atoms with Gasteiger partial charge >= 0.3 is 0 Å². The van der Waals surface area contributed by atoms with Crippen LogP contribution in [0.25, 0.3) is 20.9 Å². The van der Waals surface area contributed by atoms with Gasteiger partial charge < -0.3 is 9.47 Å². The molecule has 2 aromatic rings. The molecule has 1 aliphatic rings. The summed E-state index contributed by atoms with van der Waals surface area (Å²) in [6, 6.07) is 15.9. The van der Waals surface area contributed by atoms with Gasteiger partial charge in [-0.3, -0.25) is 0 Å². The first-order valence-electron chi connectivity index (χ1n) is 9.36. The molecule has 0 N–H and O–H groups in total. The molecule has 5 atom stereocenters. The third-order valence-electron chi connectivity index (χ3n) is 4.66. The van der Waals surface area contributed by atoms with Gasteiger partial charge in [0, 0.05) is 14.7 Å². The van der Waals surface area contributed by atoms with Crippen LogP contribution in [0.3, 0.4) is 0 Å². The summed E-state index contributed by atoms with van der Waals surface area (Å²) in [5, 5.41) is 7.21. The molecule has 30 heavy (non-hydrogen) atoms. The van der Waals surface area contributed by atoms with Crippen LogP contribution in [-0.2, 0) is 16.1 Å². The highest BCUT2D eigenvalue weighted by atomic mass is 32.2. The van der Waals surface area contributed by atoms with Gasteiger partial charge in [-0.25, -0.2) is 4.39 Å². The van der Waals surface area contributed by atoms with Gasteiger partial charge in [0.25, 0.3) is 0 Å². The second-order valence-corrected chi connectivity index (χ2v) is 7.96. The Hall–Kier alpha value is -2.74. The summed E-state index contributed by atoms with van der Waals surface area (Å²) >= 11 is 1.26. The van der Waals surface area contributed by atoms with Crippen molar-refractivity contribution in [2.45, 2.75) is 48.3 Å². The highest BCUT2D eigenvalue weighted by Gasteiger charge is 2.47. The maximum Gasteiger partial charge on any atom is 0.141 e. The van der Waals surface area contributed by atoms with Gasteiger partial charge in [-0.1, -0.05) is 70.0 Å². The van der Waals surface area contributed by atoms with Gasteiger partial charge in [0.2, 0.25) is 0 Å². The van der Waals surface area contributed by atoms with Gasteiger partial charge in [-0.15, -0.1) is 0 Å². The summed E-state index contributed by atoms with van der Waals surface area (Å²) in [6.45, 7) is 2.03. The van der Waals surface area contributed by atoms with Crippen LogP contribution in [0.1, 0.15) is 11.1 Å². The Bertz CT molecular complexity index is 917. The van der Waals surface area contributed by atoms with E-state index < -0.39 is 29.9 Å². The number of halogens is 1. The predicted octanol–water partition coefficient (Wildman–Crippen LogP) is 5.72. The maximum absolute atomic E-state index is 15.5. The van der Waals surface area contributed by atoms with Crippen molar-refractivity contribution in [3.63, 3.8) is 0 Å². The normalized spacial score (nSPS) is 25.7. The smallest absolute Gasteiger partial charge is 0.141 e. The van der Waals surface area contributed by atoms with Crippen molar-refractivity contribution in [1.29, 1.82) is 0 Å². The molecule has 3 rings (SSSR count). The summed E-state index contributed by atoms with van der Waals surface area (Å²) in [5.41, 5.74) is 18.9. The fourth-order valence-corrected chi connectivity index (χ4v) is 4.24. The summed E-state index contributed by atoms with van der Waals surface area (Å²) < 4.78 is 27.3. The second kappa shape index (κ2) is 10.9. The quantitative estimate of drug-likeness (QED) is 0.304. The first kappa shape index (κ1) is 22.0. The number of alkyl halides is 1. The molecule has 8 nitrogen and oxygen atoms in total. The first-order chi connectivity index (χ1) is 14.6. The maximum atomic E-state index is 15.5. The molecule has 10 heteroatoms. The van der Waals surface area contributed by atoms with E-state index in [9.17, 15) is 0 Å². The van der Waals surface area contributed by atoms with Gasteiger partial charge in [0.1, 0.15) is 23.8 Å². The predicted molar refractivity (Wildman–Crippen MR) is 113 cm³/mol. The summed E-state index contributed by atoms with van der Waals surface area (Å²) in [4.78, 5) is 6.42. The Kier molecular flexibility index (Phi) is 7.96. The van der Waals surface area contributed by atoms with Crippen LogP contribution in [0.2, 0.25) is 0 Å². The number of hydrogen-bond acceptors (Lipinski definition) is 5. The highest BCUT2D eigenvalue weighted by Crippen LogP contribution is 2.37. The number of aryl methyl sites for hydroxylation is 1. The molecule has 2 aromatic carbocycles. The van der Waals surface area contributed by atoms with E-state index in [1.165, 1.54) is 11.8 Å². The molecular weight excluding hydrogens is 407 g/mol. The van der Waals surface area contributed by atoms with Crippen molar-refractivity contribution in [2.24, 2.45) is 10.2 Å². The molecule has 0 saturated carbocycles. The molecule has 1 unspecified atom stereocenters. The molecule has 1 fully saturated rings. The lowest BCUT2D eigenvalue weighted by molar-refractivity contribution is -0.157. The zero-order valence-corrected chi connectivity index (χ0v) is 17.1. The Morgan fingerprint density at radius 1 is 1.10 bits per heavy atom. The number of nitrogens with zero attached hydrogens (tertiary/aromatic N) is 6. The molecule has 0 amide bonds. The number of benzene rings is 2. The molecule has 1 heterocycles. The standard InChI is InChI=1S/C20H21FN6O2S/c1-13-7-9-15(10-8-13)30-20-18(25-27-23)17(21)19(16(29-20)11-24-26-22)28-12-14-5-3-2-4-6-14/h2-10,16-20H,11-12H2,1H3/t16-,17-,18?,19-,20+/m1/s1. The number of hydrogen-bond donors (Lipinski definition) is 0. The minimum Gasteiger partial charge on any atom is -0.368 e. The minimum absolute atomic E-state index is 0.0929. The van der Waals surface area contributed by atoms with E-state index in [0.29, 0.717) is 0 Å².